The second-order valence-corrected chi connectivity index (χ2v) is 0.0816. The molecule has 0 aliphatic heterocycles. The Kier molecular flexibility index (Phi) is 276. The van der Waals surface area contributed by atoms with Gasteiger partial charge >= 0.3 is 0 Å². The Morgan fingerprint density at radius 2 is 1.60 bits per heavy atom. The van der Waals surface area contributed by atoms with Crippen LogP contribution in [-0.2, 0) is 0 Å². The van der Waals surface area contributed by atoms with Crippen molar-refractivity contribution in [1.29, 1.82) is 0 Å². The third-order valence-electron chi connectivity index (χ3n) is 0. The van der Waals surface area contributed by atoms with Crippen LogP contribution >= 0.6 is 0 Å². The maximum atomic E-state index is 8.11. The fraction of sp³-hybridized carbons (Fsp3) is 0. The standard InChI is InChI=1S/ClH.HNO2.H3N/c;2-1-3;/h1H;(H,2,3);1H3. The van der Waals surface area contributed by atoms with Gasteiger partial charge in [-0.05, 0) is 0 Å². The molecular weight excluding hydrogens is 95.5 g/mol. The van der Waals surface area contributed by atoms with Crippen molar-refractivity contribution in [2.24, 2.45) is 5.34 Å². The van der Waals surface area contributed by atoms with E-state index >= 15 is 0 Å². The lowest BCUT2D eigenvalue weighted by molar-refractivity contribution is -0.00000215. The molecule has 0 fully saturated rings. The number of rotatable bonds is 0. The van der Waals surface area contributed by atoms with E-state index in [9.17, 15) is 0 Å². The Morgan fingerprint density at radius 1 is 1.60 bits per heavy atom. The lowest BCUT2D eigenvalue weighted by Crippen LogP contribution is -3.00. The average Bonchev–Trinajstić information content (AvgIpc) is 0.918. The van der Waals surface area contributed by atoms with Gasteiger partial charge in [0, 0.05) is 0 Å². The monoisotopic (exact) mass is 100 g/mol. The Bertz CT molecular complexity index is 15.1. The van der Waals surface area contributed by atoms with Gasteiger partial charge in [-0.1, -0.05) is 0 Å². The summed E-state index contributed by atoms with van der Waals surface area (Å²) >= 11 is 0. The minimum absolute atomic E-state index is 0. The minimum atomic E-state index is 0. The summed E-state index contributed by atoms with van der Waals surface area (Å²) in [7, 11) is 0. The van der Waals surface area contributed by atoms with Crippen molar-refractivity contribution < 1.29 is 17.6 Å². The molecule has 0 aromatic carbocycles. The molecule has 0 saturated carbocycles. The van der Waals surface area contributed by atoms with E-state index in [1.807, 2.05) is 0 Å². The van der Waals surface area contributed by atoms with Gasteiger partial charge in [-0.15, -0.1) is 4.91 Å². The number of nitrogens with zero attached hydrogens (tertiary/aromatic N) is 1. The SMILES string of the molecule is O=NO.[Cl-].[NH4+]. The number of hydrogen-bond donors (Lipinski definition) is 2. The molecule has 0 rings (SSSR count). The third-order valence-corrected chi connectivity index (χ3v) is 0. The van der Waals surface area contributed by atoms with E-state index in [0.717, 1.165) is 0 Å². The zero-order valence-electron chi connectivity index (χ0n) is 2.68. The zero-order chi connectivity index (χ0) is 2.71. The summed E-state index contributed by atoms with van der Waals surface area (Å²) in [5.41, 5.74) is 0. The van der Waals surface area contributed by atoms with Crippen LogP contribution in [-0.4, -0.2) is 5.21 Å². The van der Waals surface area contributed by atoms with Gasteiger partial charge in [-0.25, -0.2) is 0 Å². The first kappa shape index (κ1) is 22.8. The molecule has 0 aromatic rings. The van der Waals surface area contributed by atoms with Crippen LogP contribution in [0, 0.1) is 4.91 Å². The lowest BCUT2D eigenvalue weighted by atomic mass is 13.4. The quantitative estimate of drug-likeness (QED) is 0.261. The van der Waals surface area contributed by atoms with Crippen LogP contribution in [0.2, 0.25) is 0 Å². The largest absolute Gasteiger partial charge is 1.00 e. The molecule has 0 amide bonds. The van der Waals surface area contributed by atoms with Gasteiger partial charge in [0.2, 0.25) is 0 Å². The Balaban J connectivity index is -0.0000000200. The Morgan fingerprint density at radius 3 is 1.60 bits per heavy atom. The van der Waals surface area contributed by atoms with Gasteiger partial charge < -0.3 is 23.8 Å². The van der Waals surface area contributed by atoms with E-state index in [0.29, 0.717) is 0 Å². The van der Waals surface area contributed by atoms with E-state index < -0.39 is 0 Å². The van der Waals surface area contributed by atoms with Gasteiger partial charge in [0.15, 0.2) is 5.34 Å². The molecule has 5 heavy (non-hydrogen) atoms. The molecule has 0 aliphatic carbocycles. The van der Waals surface area contributed by atoms with Crippen molar-refractivity contribution in [2.45, 2.75) is 0 Å². The molecule has 0 spiro atoms. The predicted molar refractivity (Wildman–Crippen MR) is 13.6 cm³/mol. The normalized spacial score (nSPS) is 2.40. The van der Waals surface area contributed by atoms with Crippen LogP contribution in [0.5, 0.6) is 0 Å². The second kappa shape index (κ2) is 60.7. The van der Waals surface area contributed by atoms with E-state index in [-0.39, 0.29) is 18.6 Å². The van der Waals surface area contributed by atoms with Crippen LogP contribution < -0.4 is 18.6 Å². The highest BCUT2D eigenvalue weighted by molar-refractivity contribution is 3.83. The highest BCUT2D eigenvalue weighted by Crippen LogP contribution is 1.25. The highest BCUT2D eigenvalue weighted by Gasteiger charge is 1.18. The first-order valence-electron chi connectivity index (χ1n) is 0.383. The number of quaternary nitrogens is 1. The van der Waals surface area contributed by atoms with Crippen molar-refractivity contribution in [3.8, 4) is 0 Å². The lowest BCUT2D eigenvalue weighted by Gasteiger charge is -1.32. The summed E-state index contributed by atoms with van der Waals surface area (Å²) in [4.78, 5) is 8.11. The van der Waals surface area contributed by atoms with Crippen LogP contribution in [0.1, 0.15) is 0 Å². The number of hydrogen-bond acceptors (Lipinski definition) is 2. The summed E-state index contributed by atoms with van der Waals surface area (Å²) in [5.74, 6) is 0. The van der Waals surface area contributed by atoms with E-state index in [1.165, 1.54) is 5.34 Å². The van der Waals surface area contributed by atoms with E-state index in [2.05, 4.69) is 0 Å². The minimum Gasteiger partial charge on any atom is -1.00 e. The van der Waals surface area contributed by atoms with Gasteiger partial charge in [-0.2, -0.15) is 0 Å². The fourth-order valence-corrected chi connectivity index (χ4v) is 0. The van der Waals surface area contributed by atoms with Crippen LogP contribution in [0.3, 0.4) is 0 Å². The molecule has 0 aromatic heterocycles. The summed E-state index contributed by atoms with van der Waals surface area (Å²) in [6.45, 7) is 0. The average molecular weight is 101 g/mol. The molecule has 0 atom stereocenters. The third kappa shape index (κ3) is 81.1. The maximum Gasteiger partial charge on any atom is 0.152 e. The number of halogens is 1. The molecule has 34 valence electrons. The molecule has 0 saturated heterocycles. The highest BCUT2D eigenvalue weighted by atomic mass is 35.5. The summed E-state index contributed by atoms with van der Waals surface area (Å²) < 4.78 is 0. The molecule has 0 radical (unpaired) electrons. The van der Waals surface area contributed by atoms with Crippen molar-refractivity contribution >= 4 is 0 Å². The zero-order valence-corrected chi connectivity index (χ0v) is 3.44. The molecule has 5 heteroatoms. The molecular formula is H5ClN2O2. The first-order valence-corrected chi connectivity index (χ1v) is 0.383. The smallest absolute Gasteiger partial charge is 0.152 e. The first-order chi connectivity index (χ1) is 1.41. The van der Waals surface area contributed by atoms with E-state index in [4.69, 9.17) is 10.1 Å². The van der Waals surface area contributed by atoms with Crippen LogP contribution in [0.15, 0.2) is 5.34 Å². The van der Waals surface area contributed by atoms with Gasteiger partial charge in [0.25, 0.3) is 0 Å². The van der Waals surface area contributed by atoms with Crippen LogP contribution in [0.25, 0.3) is 0 Å². The Hall–Kier alpha value is -0.350. The molecule has 0 bridgehead atoms. The van der Waals surface area contributed by atoms with Gasteiger partial charge in [-0.3, -0.25) is 0 Å². The van der Waals surface area contributed by atoms with Gasteiger partial charge in [0.1, 0.15) is 0 Å². The topological polar surface area (TPSA) is 86.2 Å². The van der Waals surface area contributed by atoms with Crippen molar-refractivity contribution in [2.75, 3.05) is 0 Å². The maximum absolute atomic E-state index is 8.11. The summed E-state index contributed by atoms with van der Waals surface area (Å²) in [6, 6.07) is 0. The Labute approximate surface area is 35.1 Å². The predicted octanol–water partition coefficient (Wildman–Crippen LogP) is -2.48. The van der Waals surface area contributed by atoms with Crippen molar-refractivity contribution in [3.05, 3.63) is 4.91 Å². The fourth-order valence-electron chi connectivity index (χ4n) is 0. The molecule has 5 N–H and O–H groups in total. The van der Waals surface area contributed by atoms with Gasteiger partial charge in [0.05, 0.1) is 0 Å². The van der Waals surface area contributed by atoms with Crippen LogP contribution in [0.4, 0.5) is 0 Å². The van der Waals surface area contributed by atoms with Crippen molar-refractivity contribution in [1.82, 2.24) is 6.15 Å². The van der Waals surface area contributed by atoms with Crippen molar-refractivity contribution in [3.63, 3.8) is 0 Å². The second-order valence-electron chi connectivity index (χ2n) is 0.0816. The molecule has 0 heterocycles. The van der Waals surface area contributed by atoms with E-state index in [1.54, 1.807) is 0 Å². The molecule has 4 nitrogen and oxygen atoms in total. The molecule has 0 unspecified atom stereocenters. The molecule has 0 aliphatic rings. The summed E-state index contributed by atoms with van der Waals surface area (Å²) in [5, 5.41) is 7.89. The summed E-state index contributed by atoms with van der Waals surface area (Å²) in [6.07, 6.45) is 0.